The van der Waals surface area contributed by atoms with E-state index < -0.39 is 0 Å². The first-order valence-electron chi connectivity index (χ1n) is 7.62. The van der Waals surface area contributed by atoms with Crippen LogP contribution in [-0.4, -0.2) is 59.3 Å². The fourth-order valence-electron chi connectivity index (χ4n) is 3.72. The number of rotatable bonds is 3. The number of nitrogens with zero attached hydrogens (tertiary/aromatic N) is 2. The molecule has 18 heavy (non-hydrogen) atoms. The van der Waals surface area contributed by atoms with Crippen molar-refractivity contribution in [1.82, 2.24) is 9.80 Å². The Morgan fingerprint density at radius 3 is 2.44 bits per heavy atom. The Kier molecular flexibility index (Phi) is 4.68. The first-order valence-corrected chi connectivity index (χ1v) is 7.62. The van der Waals surface area contributed by atoms with Crippen molar-refractivity contribution in [2.24, 2.45) is 0 Å². The summed E-state index contributed by atoms with van der Waals surface area (Å²) in [7, 11) is 2.22. The van der Waals surface area contributed by atoms with Gasteiger partial charge in [0.1, 0.15) is 0 Å². The summed E-state index contributed by atoms with van der Waals surface area (Å²) in [5.41, 5.74) is 0.232. The lowest BCUT2D eigenvalue weighted by atomic mass is 9.88. The molecule has 1 N–H and O–H groups in total. The zero-order valence-corrected chi connectivity index (χ0v) is 12.4. The van der Waals surface area contributed by atoms with E-state index in [0.717, 1.165) is 19.0 Å². The van der Waals surface area contributed by atoms with E-state index in [4.69, 9.17) is 0 Å². The third-order valence-electron chi connectivity index (χ3n) is 5.09. The average Bonchev–Trinajstić information content (AvgIpc) is 2.36. The minimum absolute atomic E-state index is 0.232. The SMILES string of the molecule is CN1C(CCO)CN(C2CCCCC2)CC1(C)C. The van der Waals surface area contributed by atoms with E-state index in [-0.39, 0.29) is 5.54 Å². The zero-order chi connectivity index (χ0) is 13.2. The van der Waals surface area contributed by atoms with Crippen molar-refractivity contribution in [2.45, 2.75) is 70.0 Å². The number of aliphatic hydroxyl groups excluding tert-OH is 1. The maximum Gasteiger partial charge on any atom is 0.0446 e. The minimum atomic E-state index is 0.232. The third kappa shape index (κ3) is 3.06. The van der Waals surface area contributed by atoms with Gasteiger partial charge in [-0.15, -0.1) is 0 Å². The molecule has 2 aliphatic rings. The molecule has 1 saturated carbocycles. The maximum atomic E-state index is 9.26. The molecule has 1 heterocycles. The predicted molar refractivity (Wildman–Crippen MR) is 75.8 cm³/mol. The molecule has 106 valence electrons. The lowest BCUT2D eigenvalue weighted by Gasteiger charge is -2.53. The van der Waals surface area contributed by atoms with Crippen LogP contribution in [0.2, 0.25) is 0 Å². The highest BCUT2D eigenvalue weighted by Gasteiger charge is 2.39. The topological polar surface area (TPSA) is 26.7 Å². The van der Waals surface area contributed by atoms with Gasteiger partial charge in [-0.25, -0.2) is 0 Å². The normalized spacial score (nSPS) is 31.7. The van der Waals surface area contributed by atoms with E-state index in [1.807, 2.05) is 0 Å². The third-order valence-corrected chi connectivity index (χ3v) is 5.09. The standard InChI is InChI=1S/C15H30N2O/c1-15(2)12-17(13-7-5-4-6-8-13)11-14(9-10-18)16(15)3/h13-14,18H,4-12H2,1-3H3. The highest BCUT2D eigenvalue weighted by molar-refractivity contribution is 4.96. The molecule has 1 aliphatic heterocycles. The van der Waals surface area contributed by atoms with Crippen LogP contribution in [0.1, 0.15) is 52.4 Å². The molecule has 0 radical (unpaired) electrons. The smallest absolute Gasteiger partial charge is 0.0446 e. The van der Waals surface area contributed by atoms with Gasteiger partial charge in [0.2, 0.25) is 0 Å². The quantitative estimate of drug-likeness (QED) is 0.835. The van der Waals surface area contributed by atoms with Crippen molar-refractivity contribution < 1.29 is 5.11 Å². The van der Waals surface area contributed by atoms with Crippen molar-refractivity contribution in [3.63, 3.8) is 0 Å². The van der Waals surface area contributed by atoms with Crippen molar-refractivity contribution in [3.8, 4) is 0 Å². The Morgan fingerprint density at radius 1 is 1.17 bits per heavy atom. The number of aliphatic hydroxyl groups is 1. The summed E-state index contributed by atoms with van der Waals surface area (Å²) >= 11 is 0. The van der Waals surface area contributed by atoms with Crippen molar-refractivity contribution in [3.05, 3.63) is 0 Å². The molecule has 0 aromatic heterocycles. The first-order chi connectivity index (χ1) is 8.54. The summed E-state index contributed by atoms with van der Waals surface area (Å²) in [5.74, 6) is 0. The Morgan fingerprint density at radius 2 is 1.83 bits per heavy atom. The maximum absolute atomic E-state index is 9.26. The molecule has 0 amide bonds. The van der Waals surface area contributed by atoms with Gasteiger partial charge in [0, 0.05) is 37.3 Å². The second-order valence-corrected chi connectivity index (χ2v) is 6.81. The highest BCUT2D eigenvalue weighted by Crippen LogP contribution is 2.30. The van der Waals surface area contributed by atoms with E-state index >= 15 is 0 Å². The summed E-state index contributed by atoms with van der Waals surface area (Å²) in [6.07, 6.45) is 7.90. The van der Waals surface area contributed by atoms with E-state index in [2.05, 4.69) is 30.7 Å². The fraction of sp³-hybridized carbons (Fsp3) is 1.00. The summed E-state index contributed by atoms with van der Waals surface area (Å²) in [5, 5.41) is 9.26. The second-order valence-electron chi connectivity index (χ2n) is 6.81. The van der Waals surface area contributed by atoms with Crippen molar-refractivity contribution >= 4 is 0 Å². The zero-order valence-electron chi connectivity index (χ0n) is 12.4. The fourth-order valence-corrected chi connectivity index (χ4v) is 3.72. The summed E-state index contributed by atoms with van der Waals surface area (Å²) in [4.78, 5) is 5.18. The Hall–Kier alpha value is -0.120. The van der Waals surface area contributed by atoms with Crippen LogP contribution in [-0.2, 0) is 0 Å². The number of hydrogen-bond acceptors (Lipinski definition) is 3. The highest BCUT2D eigenvalue weighted by atomic mass is 16.3. The summed E-state index contributed by atoms with van der Waals surface area (Å²) in [6, 6.07) is 1.31. The molecule has 0 spiro atoms. The van der Waals surface area contributed by atoms with Gasteiger partial charge in [-0.05, 0) is 40.2 Å². The van der Waals surface area contributed by atoms with Gasteiger partial charge in [-0.3, -0.25) is 9.80 Å². The van der Waals surface area contributed by atoms with Gasteiger partial charge in [0.05, 0.1) is 0 Å². The number of hydrogen-bond donors (Lipinski definition) is 1. The minimum Gasteiger partial charge on any atom is -0.396 e. The van der Waals surface area contributed by atoms with E-state index in [0.29, 0.717) is 12.6 Å². The molecule has 2 fully saturated rings. The molecule has 0 aromatic carbocycles. The van der Waals surface area contributed by atoms with Gasteiger partial charge < -0.3 is 5.11 Å². The van der Waals surface area contributed by atoms with Crippen LogP contribution >= 0.6 is 0 Å². The van der Waals surface area contributed by atoms with E-state index in [9.17, 15) is 5.11 Å². The monoisotopic (exact) mass is 254 g/mol. The van der Waals surface area contributed by atoms with Gasteiger partial charge >= 0.3 is 0 Å². The van der Waals surface area contributed by atoms with E-state index in [1.165, 1.54) is 38.6 Å². The Bertz CT molecular complexity index is 261. The molecule has 3 nitrogen and oxygen atoms in total. The van der Waals surface area contributed by atoms with Gasteiger partial charge in [-0.1, -0.05) is 19.3 Å². The largest absolute Gasteiger partial charge is 0.396 e. The van der Waals surface area contributed by atoms with Crippen LogP contribution in [0, 0.1) is 0 Å². The summed E-state index contributed by atoms with van der Waals surface area (Å²) in [6.45, 7) is 7.31. The van der Waals surface area contributed by atoms with Gasteiger partial charge in [0.15, 0.2) is 0 Å². The van der Waals surface area contributed by atoms with Crippen LogP contribution in [0.15, 0.2) is 0 Å². The Balaban J connectivity index is 2.03. The summed E-state index contributed by atoms with van der Waals surface area (Å²) < 4.78 is 0. The van der Waals surface area contributed by atoms with E-state index in [1.54, 1.807) is 0 Å². The van der Waals surface area contributed by atoms with Crippen LogP contribution in [0.3, 0.4) is 0 Å². The molecule has 1 unspecified atom stereocenters. The second kappa shape index (κ2) is 5.89. The molecular formula is C15H30N2O. The van der Waals surface area contributed by atoms with Gasteiger partial charge in [-0.2, -0.15) is 0 Å². The van der Waals surface area contributed by atoms with Crippen LogP contribution < -0.4 is 0 Å². The van der Waals surface area contributed by atoms with Crippen molar-refractivity contribution in [2.75, 3.05) is 26.7 Å². The first kappa shape index (κ1) is 14.3. The lowest BCUT2D eigenvalue weighted by molar-refractivity contribution is -0.0376. The van der Waals surface area contributed by atoms with Gasteiger partial charge in [0.25, 0.3) is 0 Å². The Labute approximate surface area is 112 Å². The van der Waals surface area contributed by atoms with Crippen LogP contribution in [0.5, 0.6) is 0 Å². The van der Waals surface area contributed by atoms with Crippen molar-refractivity contribution in [1.29, 1.82) is 0 Å². The molecule has 0 bridgehead atoms. The predicted octanol–water partition coefficient (Wildman–Crippen LogP) is 2.10. The van der Waals surface area contributed by atoms with Crippen LogP contribution in [0.25, 0.3) is 0 Å². The number of piperazine rings is 1. The van der Waals surface area contributed by atoms with Crippen LogP contribution in [0.4, 0.5) is 0 Å². The molecule has 1 aliphatic carbocycles. The number of likely N-dealkylation sites (N-methyl/N-ethyl adjacent to an activating group) is 1. The molecule has 1 atom stereocenters. The molecule has 2 rings (SSSR count). The lowest BCUT2D eigenvalue weighted by Crippen LogP contribution is -2.64. The molecule has 3 heteroatoms. The molecule has 0 aromatic rings. The molecule has 1 saturated heterocycles. The average molecular weight is 254 g/mol. The molecular weight excluding hydrogens is 224 g/mol.